The third-order valence-electron chi connectivity index (χ3n) is 6.14. The van der Waals surface area contributed by atoms with Gasteiger partial charge in [0.25, 0.3) is 0 Å². The van der Waals surface area contributed by atoms with Crippen molar-refractivity contribution in [3.63, 3.8) is 0 Å². The molecule has 3 rings (SSSR count). The van der Waals surface area contributed by atoms with Crippen LogP contribution in [0.25, 0.3) is 0 Å². The Bertz CT molecular complexity index is 1320. The quantitative estimate of drug-likeness (QED) is 0.274. The predicted molar refractivity (Wildman–Crippen MR) is 152 cm³/mol. The van der Waals surface area contributed by atoms with Gasteiger partial charge < -0.3 is 15.3 Å². The second-order valence-corrected chi connectivity index (χ2v) is 11.2. The van der Waals surface area contributed by atoms with E-state index in [2.05, 4.69) is 10.0 Å². The number of carbonyl (C=O) groups excluding carboxylic acids is 2. The van der Waals surface area contributed by atoms with E-state index < -0.39 is 16.1 Å². The zero-order chi connectivity index (χ0) is 28.3. The summed E-state index contributed by atoms with van der Waals surface area (Å²) >= 11 is 6.05. The molecule has 208 valence electrons. The summed E-state index contributed by atoms with van der Waals surface area (Å²) in [6, 6.07) is 22.2. The first-order chi connectivity index (χ1) is 18.7. The van der Waals surface area contributed by atoms with Gasteiger partial charge in [-0.05, 0) is 47.4 Å². The standard InChI is InChI=1S/C29H34ClN3O5S/c1-2-32-39(37,38)26-15-10-22(11-16-26)12-17-28(35)33(21-24-8-13-25(30)14-9-24)27(29(36)31-18-19-34)20-23-6-4-3-5-7-23/h3-11,13-16,27,32,34H,2,12,17-21H2,1H3,(H,31,36)/t27-/m1/s1. The van der Waals surface area contributed by atoms with Crippen molar-refractivity contribution in [3.05, 3.63) is 101 Å². The van der Waals surface area contributed by atoms with Gasteiger partial charge in [0.1, 0.15) is 6.04 Å². The van der Waals surface area contributed by atoms with E-state index in [1.165, 1.54) is 12.1 Å². The number of aryl methyl sites for hydroxylation is 1. The van der Waals surface area contributed by atoms with Crippen molar-refractivity contribution in [1.82, 2.24) is 14.9 Å². The van der Waals surface area contributed by atoms with Gasteiger partial charge in [0.05, 0.1) is 11.5 Å². The molecular formula is C29H34ClN3O5S. The number of hydrogen-bond acceptors (Lipinski definition) is 5. The van der Waals surface area contributed by atoms with Crippen LogP contribution < -0.4 is 10.0 Å². The molecule has 3 N–H and O–H groups in total. The largest absolute Gasteiger partial charge is 0.395 e. The Balaban J connectivity index is 1.85. The molecule has 0 aliphatic carbocycles. The van der Waals surface area contributed by atoms with Gasteiger partial charge in [-0.3, -0.25) is 9.59 Å². The molecule has 0 radical (unpaired) electrons. The maximum absolute atomic E-state index is 13.7. The fourth-order valence-electron chi connectivity index (χ4n) is 4.14. The van der Waals surface area contributed by atoms with Crippen LogP contribution in [0.2, 0.25) is 5.02 Å². The lowest BCUT2D eigenvalue weighted by Crippen LogP contribution is -2.51. The maximum Gasteiger partial charge on any atom is 0.243 e. The lowest BCUT2D eigenvalue weighted by molar-refractivity contribution is -0.141. The second kappa shape index (κ2) is 14.8. The van der Waals surface area contributed by atoms with Gasteiger partial charge in [0.2, 0.25) is 21.8 Å². The number of nitrogens with one attached hydrogen (secondary N) is 2. The molecule has 0 unspecified atom stereocenters. The van der Waals surface area contributed by atoms with Crippen LogP contribution in [0.4, 0.5) is 0 Å². The van der Waals surface area contributed by atoms with Crippen LogP contribution >= 0.6 is 11.6 Å². The van der Waals surface area contributed by atoms with E-state index >= 15 is 0 Å². The normalized spacial score (nSPS) is 12.1. The molecule has 1 atom stereocenters. The first-order valence-corrected chi connectivity index (χ1v) is 14.6. The van der Waals surface area contributed by atoms with Crippen molar-refractivity contribution in [3.8, 4) is 0 Å². The van der Waals surface area contributed by atoms with Gasteiger partial charge in [-0.2, -0.15) is 0 Å². The van der Waals surface area contributed by atoms with Crippen molar-refractivity contribution < 1.29 is 23.1 Å². The molecule has 8 nitrogen and oxygen atoms in total. The highest BCUT2D eigenvalue weighted by atomic mass is 35.5. The van der Waals surface area contributed by atoms with Crippen LogP contribution in [0.15, 0.2) is 83.8 Å². The molecule has 0 bridgehead atoms. The summed E-state index contributed by atoms with van der Waals surface area (Å²) in [4.78, 5) is 28.7. The lowest BCUT2D eigenvalue weighted by Gasteiger charge is -2.31. The third kappa shape index (κ3) is 9.18. The molecule has 0 aromatic heterocycles. The summed E-state index contributed by atoms with van der Waals surface area (Å²) < 4.78 is 26.9. The van der Waals surface area contributed by atoms with Crippen molar-refractivity contribution in [1.29, 1.82) is 0 Å². The lowest BCUT2D eigenvalue weighted by atomic mass is 10.0. The molecule has 0 fully saturated rings. The van der Waals surface area contributed by atoms with E-state index in [-0.39, 0.29) is 49.4 Å². The van der Waals surface area contributed by atoms with Crippen LogP contribution in [-0.2, 0) is 39.0 Å². The van der Waals surface area contributed by atoms with E-state index in [1.54, 1.807) is 36.1 Å². The summed E-state index contributed by atoms with van der Waals surface area (Å²) in [6.07, 6.45) is 0.785. The first-order valence-electron chi connectivity index (χ1n) is 12.8. The van der Waals surface area contributed by atoms with Crippen LogP contribution in [0.1, 0.15) is 30.0 Å². The number of benzene rings is 3. The molecule has 10 heteroatoms. The fourth-order valence-corrected chi connectivity index (χ4v) is 5.31. The first kappa shape index (κ1) is 30.3. The van der Waals surface area contributed by atoms with Crippen LogP contribution in [0, 0.1) is 0 Å². The Kier molecular flexibility index (Phi) is 11.5. The Morgan fingerprint density at radius 3 is 2.18 bits per heavy atom. The number of nitrogens with zero attached hydrogens (tertiary/aromatic N) is 1. The van der Waals surface area contributed by atoms with Crippen molar-refractivity contribution >= 4 is 33.4 Å². The van der Waals surface area contributed by atoms with Gasteiger partial charge >= 0.3 is 0 Å². The van der Waals surface area contributed by atoms with E-state index in [0.717, 1.165) is 16.7 Å². The van der Waals surface area contributed by atoms with Crippen molar-refractivity contribution in [2.24, 2.45) is 0 Å². The highest BCUT2D eigenvalue weighted by Gasteiger charge is 2.30. The minimum atomic E-state index is -3.56. The molecular weight excluding hydrogens is 538 g/mol. The average molecular weight is 572 g/mol. The summed E-state index contributed by atoms with van der Waals surface area (Å²) in [5, 5.41) is 12.5. The number of halogens is 1. The number of carbonyl (C=O) groups is 2. The zero-order valence-electron chi connectivity index (χ0n) is 21.8. The van der Waals surface area contributed by atoms with Crippen LogP contribution in [0.3, 0.4) is 0 Å². The van der Waals surface area contributed by atoms with Crippen molar-refractivity contribution in [2.75, 3.05) is 19.7 Å². The van der Waals surface area contributed by atoms with E-state index in [4.69, 9.17) is 11.6 Å². The van der Waals surface area contributed by atoms with Crippen LogP contribution in [-0.4, -0.2) is 56.0 Å². The van der Waals surface area contributed by atoms with E-state index in [9.17, 15) is 23.1 Å². The summed E-state index contributed by atoms with van der Waals surface area (Å²) in [5.74, 6) is -0.581. The molecule has 0 spiro atoms. The molecule has 3 aromatic rings. The monoisotopic (exact) mass is 571 g/mol. The number of hydrogen-bond donors (Lipinski definition) is 3. The number of amides is 2. The Labute approximate surface area is 235 Å². The van der Waals surface area contributed by atoms with Gasteiger partial charge in [0.15, 0.2) is 0 Å². The van der Waals surface area contributed by atoms with Gasteiger partial charge in [-0.1, -0.05) is 73.1 Å². The summed E-state index contributed by atoms with van der Waals surface area (Å²) in [6.45, 7) is 2.06. The maximum atomic E-state index is 13.7. The molecule has 2 amide bonds. The average Bonchev–Trinajstić information content (AvgIpc) is 2.94. The molecule has 0 aliphatic rings. The molecule has 3 aromatic carbocycles. The topological polar surface area (TPSA) is 116 Å². The van der Waals surface area contributed by atoms with E-state index in [0.29, 0.717) is 17.9 Å². The third-order valence-corrected chi connectivity index (χ3v) is 7.96. The Morgan fingerprint density at radius 1 is 0.923 bits per heavy atom. The zero-order valence-corrected chi connectivity index (χ0v) is 23.4. The Morgan fingerprint density at radius 2 is 1.56 bits per heavy atom. The number of sulfonamides is 1. The molecule has 0 heterocycles. The minimum Gasteiger partial charge on any atom is -0.395 e. The minimum absolute atomic E-state index is 0.0786. The molecule has 0 saturated heterocycles. The highest BCUT2D eigenvalue weighted by molar-refractivity contribution is 7.89. The smallest absolute Gasteiger partial charge is 0.243 e. The van der Waals surface area contributed by atoms with Gasteiger partial charge in [0, 0.05) is 37.5 Å². The second-order valence-electron chi connectivity index (χ2n) is 9.01. The van der Waals surface area contributed by atoms with Crippen LogP contribution in [0.5, 0.6) is 0 Å². The summed E-state index contributed by atoms with van der Waals surface area (Å²) in [7, 11) is -3.56. The van der Waals surface area contributed by atoms with Crippen molar-refractivity contribution in [2.45, 2.75) is 43.7 Å². The number of aliphatic hydroxyl groups excluding tert-OH is 1. The summed E-state index contributed by atoms with van der Waals surface area (Å²) in [5.41, 5.74) is 2.52. The van der Waals surface area contributed by atoms with Gasteiger partial charge in [-0.25, -0.2) is 13.1 Å². The fraction of sp³-hybridized carbons (Fsp3) is 0.310. The number of rotatable bonds is 14. The van der Waals surface area contributed by atoms with Gasteiger partial charge in [-0.15, -0.1) is 0 Å². The SMILES string of the molecule is CCNS(=O)(=O)c1ccc(CCC(=O)N(Cc2ccc(Cl)cc2)[C@H](Cc2ccccc2)C(=O)NCCO)cc1. The molecule has 0 aliphatic heterocycles. The predicted octanol–water partition coefficient (Wildman–Crippen LogP) is 3.32. The molecule has 0 saturated carbocycles. The highest BCUT2D eigenvalue weighted by Crippen LogP contribution is 2.19. The Hall–Kier alpha value is -3.24. The molecule has 39 heavy (non-hydrogen) atoms. The number of aliphatic hydroxyl groups is 1. The van der Waals surface area contributed by atoms with E-state index in [1.807, 2.05) is 42.5 Å².